The molecule has 5 N–H and O–H groups in total. The summed E-state index contributed by atoms with van der Waals surface area (Å²) in [5.41, 5.74) is 0. The summed E-state index contributed by atoms with van der Waals surface area (Å²) >= 11 is 0. The van der Waals surface area contributed by atoms with E-state index in [1.807, 2.05) is 0 Å². The van der Waals surface area contributed by atoms with E-state index in [4.69, 9.17) is 30.3 Å². The molecule has 10 heteroatoms. The van der Waals surface area contributed by atoms with Crippen molar-refractivity contribution in [2.75, 3.05) is 19.6 Å². The summed E-state index contributed by atoms with van der Waals surface area (Å²) < 4.78 is 0. The fraction of sp³-hybridized carbons (Fsp3) is 0.429. The molecule has 0 aliphatic carbocycles. The first kappa shape index (κ1) is 17.0. The van der Waals surface area contributed by atoms with Gasteiger partial charge in [0.2, 0.25) is 0 Å². The topological polar surface area (TPSA) is 173 Å². The average Bonchev–Trinajstić information content (AvgIpc) is 1.96. The maximum atomic E-state index is 10.1. The third-order valence-corrected chi connectivity index (χ3v) is 1.08. The lowest BCUT2D eigenvalue weighted by atomic mass is 10.4. The van der Waals surface area contributed by atoms with Crippen molar-refractivity contribution >= 4 is 24.1 Å². The number of aliphatic carboxylic acids is 3. The van der Waals surface area contributed by atoms with Crippen LogP contribution in [0.25, 0.3) is 0 Å². The fourth-order valence-corrected chi connectivity index (χ4v) is 0.742. The van der Waals surface area contributed by atoms with Gasteiger partial charge in [-0.3, -0.25) is 19.3 Å². The molecule has 0 fully saturated rings. The molecule has 0 amide bonds. The Kier molecular flexibility index (Phi) is 8.93. The second-order valence-corrected chi connectivity index (χ2v) is 2.61. The molecule has 0 aromatic rings. The van der Waals surface area contributed by atoms with Gasteiger partial charge < -0.3 is 25.5 Å². The van der Waals surface area contributed by atoms with Crippen molar-refractivity contribution < 1.29 is 44.7 Å². The fourth-order valence-electron chi connectivity index (χ4n) is 0.742. The number of nitrogens with zero attached hydrogens (tertiary/aromatic N) is 1. The van der Waals surface area contributed by atoms with Crippen molar-refractivity contribution in [2.45, 2.75) is 0 Å². The molecule has 0 aromatic carbocycles. The molecule has 0 saturated carbocycles. The van der Waals surface area contributed by atoms with Crippen LogP contribution in [0.5, 0.6) is 0 Å². The summed E-state index contributed by atoms with van der Waals surface area (Å²) in [6.07, 6.45) is -1.83. The number of hydrogen-bond acceptors (Lipinski definition) is 5. The van der Waals surface area contributed by atoms with Crippen LogP contribution in [0.2, 0.25) is 0 Å². The van der Waals surface area contributed by atoms with Crippen molar-refractivity contribution in [2.24, 2.45) is 0 Å². The van der Waals surface area contributed by atoms with Crippen molar-refractivity contribution in [3.8, 4) is 0 Å². The molecule has 0 bridgehead atoms. The Bertz CT molecular complexity index is 258. The van der Waals surface area contributed by atoms with Crippen molar-refractivity contribution in [1.82, 2.24) is 4.90 Å². The summed E-state index contributed by atoms with van der Waals surface area (Å²) in [5.74, 6) is -3.78. The molecule has 0 aliphatic rings. The Labute approximate surface area is 94.3 Å². The predicted molar refractivity (Wildman–Crippen MR) is 50.0 cm³/mol. The SMILES string of the molecule is O=C(O)CN(CC(=O)O)CC(=O)O.O=C(O)O. The molecule has 0 unspecified atom stereocenters. The Hall–Kier alpha value is -2.36. The number of carboxylic acids is 3. The molecule has 0 radical (unpaired) electrons. The normalized spacial score (nSPS) is 9.00. The van der Waals surface area contributed by atoms with E-state index in [0.29, 0.717) is 0 Å². The van der Waals surface area contributed by atoms with Gasteiger partial charge in [-0.15, -0.1) is 0 Å². The Morgan fingerprint density at radius 1 is 0.647 bits per heavy atom. The summed E-state index contributed by atoms with van der Waals surface area (Å²) in [6.45, 7) is -1.80. The van der Waals surface area contributed by atoms with E-state index in [1.165, 1.54) is 0 Å². The lowest BCUT2D eigenvalue weighted by Gasteiger charge is -2.14. The Balaban J connectivity index is 0. The molecule has 0 saturated heterocycles. The van der Waals surface area contributed by atoms with E-state index in [9.17, 15) is 14.4 Å². The van der Waals surface area contributed by atoms with Crippen LogP contribution in [-0.4, -0.2) is 74.1 Å². The first-order valence-corrected chi connectivity index (χ1v) is 3.94. The van der Waals surface area contributed by atoms with Gasteiger partial charge in [-0.25, -0.2) is 4.79 Å². The molecule has 0 rings (SSSR count). The number of carboxylic acid groups (broad SMARTS) is 5. The van der Waals surface area contributed by atoms with Gasteiger partial charge in [0, 0.05) is 0 Å². The largest absolute Gasteiger partial charge is 0.503 e. The molecular weight excluding hydrogens is 242 g/mol. The van der Waals surface area contributed by atoms with Crippen LogP contribution in [0.15, 0.2) is 0 Å². The third-order valence-electron chi connectivity index (χ3n) is 1.08. The van der Waals surface area contributed by atoms with E-state index in [0.717, 1.165) is 4.90 Å². The van der Waals surface area contributed by atoms with Gasteiger partial charge in [0.15, 0.2) is 0 Å². The van der Waals surface area contributed by atoms with Gasteiger partial charge in [-0.1, -0.05) is 0 Å². The lowest BCUT2D eigenvalue weighted by molar-refractivity contribution is -0.144. The van der Waals surface area contributed by atoms with Gasteiger partial charge in [0.25, 0.3) is 0 Å². The molecule has 0 atom stereocenters. The first-order valence-electron chi connectivity index (χ1n) is 3.94. The molecule has 17 heavy (non-hydrogen) atoms. The number of rotatable bonds is 6. The Morgan fingerprint density at radius 3 is 0.941 bits per heavy atom. The first-order chi connectivity index (χ1) is 7.65. The third kappa shape index (κ3) is 19.9. The highest BCUT2D eigenvalue weighted by atomic mass is 16.6. The lowest BCUT2D eigenvalue weighted by Crippen LogP contribution is -2.38. The van der Waals surface area contributed by atoms with E-state index in [1.54, 1.807) is 0 Å². The quantitative estimate of drug-likeness (QED) is 0.385. The van der Waals surface area contributed by atoms with Crippen LogP contribution in [0.3, 0.4) is 0 Å². The highest BCUT2D eigenvalue weighted by Crippen LogP contribution is 1.87. The van der Waals surface area contributed by atoms with Gasteiger partial charge in [0.05, 0.1) is 19.6 Å². The van der Waals surface area contributed by atoms with Gasteiger partial charge >= 0.3 is 24.1 Å². The minimum Gasteiger partial charge on any atom is -0.480 e. The molecule has 0 aromatic heterocycles. The molecule has 0 spiro atoms. The molecule has 10 nitrogen and oxygen atoms in total. The maximum Gasteiger partial charge on any atom is 0.503 e. The van der Waals surface area contributed by atoms with E-state index >= 15 is 0 Å². The summed E-state index contributed by atoms with van der Waals surface area (Å²) in [4.78, 5) is 39.8. The second-order valence-electron chi connectivity index (χ2n) is 2.61. The standard InChI is InChI=1S/C6H9NO6.CH2O3/c8-4(9)1-7(2-5(10)11)3-6(12)13;2-1(3)4/h1-3H2,(H,8,9)(H,10,11)(H,12,13);(H2,2,3,4). The highest BCUT2D eigenvalue weighted by Gasteiger charge is 2.15. The predicted octanol–water partition coefficient (Wildman–Crippen LogP) is -1.24. The average molecular weight is 253 g/mol. The van der Waals surface area contributed by atoms with E-state index in [-0.39, 0.29) is 0 Å². The summed E-state index contributed by atoms with van der Waals surface area (Å²) in [6, 6.07) is 0. The van der Waals surface area contributed by atoms with E-state index in [2.05, 4.69) is 0 Å². The van der Waals surface area contributed by atoms with Crippen LogP contribution < -0.4 is 0 Å². The van der Waals surface area contributed by atoms with Gasteiger partial charge in [-0.05, 0) is 0 Å². The van der Waals surface area contributed by atoms with Crippen LogP contribution in [0.1, 0.15) is 0 Å². The number of hydrogen-bond donors (Lipinski definition) is 5. The maximum absolute atomic E-state index is 10.1. The van der Waals surface area contributed by atoms with Gasteiger partial charge in [-0.2, -0.15) is 0 Å². The second kappa shape index (κ2) is 8.91. The monoisotopic (exact) mass is 253 g/mol. The molecule has 98 valence electrons. The van der Waals surface area contributed by atoms with Crippen molar-refractivity contribution in [3.05, 3.63) is 0 Å². The molecular formula is C7H11NO9. The zero-order valence-corrected chi connectivity index (χ0v) is 8.44. The Morgan fingerprint density at radius 2 is 0.824 bits per heavy atom. The molecule has 0 aliphatic heterocycles. The van der Waals surface area contributed by atoms with Gasteiger partial charge in [0.1, 0.15) is 0 Å². The van der Waals surface area contributed by atoms with Crippen LogP contribution >= 0.6 is 0 Å². The van der Waals surface area contributed by atoms with E-state index < -0.39 is 43.7 Å². The minimum absolute atomic E-state index is 0.599. The zero-order valence-electron chi connectivity index (χ0n) is 8.44. The highest BCUT2D eigenvalue weighted by molar-refractivity contribution is 5.75. The summed E-state index contributed by atoms with van der Waals surface area (Å²) in [7, 11) is 0. The van der Waals surface area contributed by atoms with Crippen LogP contribution in [-0.2, 0) is 14.4 Å². The summed E-state index contributed by atoms with van der Waals surface area (Å²) in [5, 5.41) is 38.8. The van der Waals surface area contributed by atoms with Crippen LogP contribution in [0.4, 0.5) is 4.79 Å². The zero-order chi connectivity index (χ0) is 14.0. The molecule has 0 heterocycles. The minimum atomic E-state index is -1.83. The smallest absolute Gasteiger partial charge is 0.480 e. The van der Waals surface area contributed by atoms with Crippen LogP contribution in [0, 0.1) is 0 Å². The number of carbonyl (C=O) groups is 4. The van der Waals surface area contributed by atoms with Crippen molar-refractivity contribution in [1.29, 1.82) is 0 Å². The van der Waals surface area contributed by atoms with Crippen molar-refractivity contribution in [3.63, 3.8) is 0 Å².